The molecule has 0 fully saturated rings. The number of hydrogen-bond donors (Lipinski definition) is 2. The SMILES string of the molecule is CCC(CNc1nccn2nccc12)CC(=O)O. The number of carboxylic acids is 1. The van der Waals surface area contributed by atoms with Gasteiger partial charge in [-0.2, -0.15) is 5.10 Å². The van der Waals surface area contributed by atoms with Crippen LogP contribution < -0.4 is 5.32 Å². The van der Waals surface area contributed by atoms with E-state index in [2.05, 4.69) is 15.4 Å². The number of aromatic nitrogens is 3. The number of fused-ring (bicyclic) bond motifs is 1. The molecule has 0 aromatic carbocycles. The van der Waals surface area contributed by atoms with Crippen LogP contribution in [-0.2, 0) is 4.79 Å². The Bertz CT molecular complexity index is 538. The van der Waals surface area contributed by atoms with Crippen molar-refractivity contribution in [2.45, 2.75) is 19.8 Å². The van der Waals surface area contributed by atoms with Gasteiger partial charge < -0.3 is 10.4 Å². The van der Waals surface area contributed by atoms with E-state index < -0.39 is 5.97 Å². The molecular formula is C12H16N4O2. The number of anilines is 1. The van der Waals surface area contributed by atoms with E-state index in [-0.39, 0.29) is 12.3 Å². The minimum absolute atomic E-state index is 0.104. The first kappa shape index (κ1) is 12.3. The molecule has 0 aliphatic carbocycles. The first-order valence-corrected chi connectivity index (χ1v) is 5.94. The van der Waals surface area contributed by atoms with E-state index >= 15 is 0 Å². The highest BCUT2D eigenvalue weighted by Gasteiger charge is 2.12. The van der Waals surface area contributed by atoms with Gasteiger partial charge in [-0.1, -0.05) is 13.3 Å². The van der Waals surface area contributed by atoms with Crippen LogP contribution in [0.3, 0.4) is 0 Å². The molecule has 1 unspecified atom stereocenters. The van der Waals surface area contributed by atoms with Gasteiger partial charge in [0.25, 0.3) is 0 Å². The summed E-state index contributed by atoms with van der Waals surface area (Å²) in [4.78, 5) is 14.9. The average molecular weight is 248 g/mol. The summed E-state index contributed by atoms with van der Waals surface area (Å²) in [6.07, 6.45) is 6.14. The summed E-state index contributed by atoms with van der Waals surface area (Å²) >= 11 is 0. The molecule has 0 saturated carbocycles. The second-order valence-corrected chi connectivity index (χ2v) is 4.19. The van der Waals surface area contributed by atoms with Gasteiger partial charge in [-0.05, 0) is 12.0 Å². The zero-order valence-electron chi connectivity index (χ0n) is 10.2. The van der Waals surface area contributed by atoms with Gasteiger partial charge in [0.05, 0.1) is 6.20 Å². The van der Waals surface area contributed by atoms with Crippen molar-refractivity contribution in [2.24, 2.45) is 5.92 Å². The predicted octanol–water partition coefficient (Wildman–Crippen LogP) is 1.64. The van der Waals surface area contributed by atoms with Crippen LogP contribution in [0.5, 0.6) is 0 Å². The highest BCUT2D eigenvalue weighted by molar-refractivity contribution is 5.68. The molecule has 96 valence electrons. The summed E-state index contributed by atoms with van der Waals surface area (Å²) in [5.74, 6) is 0.0745. The van der Waals surface area contributed by atoms with Gasteiger partial charge >= 0.3 is 5.97 Å². The van der Waals surface area contributed by atoms with Crippen LogP contribution in [-0.4, -0.2) is 32.2 Å². The molecule has 0 amide bonds. The van der Waals surface area contributed by atoms with E-state index in [1.807, 2.05) is 13.0 Å². The van der Waals surface area contributed by atoms with Crippen molar-refractivity contribution in [1.82, 2.24) is 14.6 Å². The molecular weight excluding hydrogens is 232 g/mol. The van der Waals surface area contributed by atoms with E-state index in [4.69, 9.17) is 5.11 Å². The summed E-state index contributed by atoms with van der Waals surface area (Å²) in [5, 5.41) is 16.1. The van der Waals surface area contributed by atoms with E-state index in [1.54, 1.807) is 23.1 Å². The Morgan fingerprint density at radius 2 is 2.39 bits per heavy atom. The third-order valence-electron chi connectivity index (χ3n) is 2.92. The molecule has 0 spiro atoms. The van der Waals surface area contributed by atoms with Crippen LogP contribution in [0.15, 0.2) is 24.7 Å². The highest BCUT2D eigenvalue weighted by atomic mass is 16.4. The number of carbonyl (C=O) groups is 1. The van der Waals surface area contributed by atoms with Gasteiger partial charge in [0.2, 0.25) is 0 Å². The monoisotopic (exact) mass is 248 g/mol. The van der Waals surface area contributed by atoms with Gasteiger partial charge in [0.15, 0.2) is 5.82 Å². The van der Waals surface area contributed by atoms with Crippen LogP contribution in [0, 0.1) is 5.92 Å². The van der Waals surface area contributed by atoms with E-state index in [9.17, 15) is 4.79 Å². The summed E-state index contributed by atoms with van der Waals surface area (Å²) in [5.41, 5.74) is 0.891. The van der Waals surface area contributed by atoms with Crippen LogP contribution in [0.1, 0.15) is 19.8 Å². The van der Waals surface area contributed by atoms with Crippen LogP contribution in [0.2, 0.25) is 0 Å². The first-order valence-electron chi connectivity index (χ1n) is 5.94. The fourth-order valence-electron chi connectivity index (χ4n) is 1.84. The van der Waals surface area contributed by atoms with Gasteiger partial charge in [-0.3, -0.25) is 4.79 Å². The fraction of sp³-hybridized carbons (Fsp3) is 0.417. The lowest BCUT2D eigenvalue weighted by molar-refractivity contribution is -0.138. The molecule has 0 aliphatic heterocycles. The Morgan fingerprint density at radius 1 is 1.56 bits per heavy atom. The van der Waals surface area contributed by atoms with Gasteiger partial charge in [0, 0.05) is 25.4 Å². The van der Waals surface area contributed by atoms with E-state index in [0.29, 0.717) is 6.54 Å². The second kappa shape index (κ2) is 5.48. The minimum Gasteiger partial charge on any atom is -0.481 e. The quantitative estimate of drug-likeness (QED) is 0.812. The fourth-order valence-corrected chi connectivity index (χ4v) is 1.84. The highest BCUT2D eigenvalue weighted by Crippen LogP contribution is 2.15. The second-order valence-electron chi connectivity index (χ2n) is 4.19. The van der Waals surface area contributed by atoms with Crippen LogP contribution in [0.25, 0.3) is 5.52 Å². The number of nitrogens with zero attached hydrogens (tertiary/aromatic N) is 3. The summed E-state index contributed by atoms with van der Waals surface area (Å²) in [7, 11) is 0. The Labute approximate surface area is 105 Å². The third kappa shape index (κ3) is 2.77. The maximum atomic E-state index is 10.7. The smallest absolute Gasteiger partial charge is 0.303 e. The van der Waals surface area contributed by atoms with Gasteiger partial charge in [0.1, 0.15) is 5.52 Å². The van der Waals surface area contributed by atoms with Crippen molar-refractivity contribution >= 4 is 17.3 Å². The zero-order valence-corrected chi connectivity index (χ0v) is 10.2. The molecule has 2 aromatic rings. The molecule has 2 aromatic heterocycles. The van der Waals surface area contributed by atoms with Crippen molar-refractivity contribution in [1.29, 1.82) is 0 Å². The lowest BCUT2D eigenvalue weighted by Crippen LogP contribution is -2.18. The zero-order chi connectivity index (χ0) is 13.0. The van der Waals surface area contributed by atoms with Crippen molar-refractivity contribution < 1.29 is 9.90 Å². The Hall–Kier alpha value is -2.11. The van der Waals surface area contributed by atoms with Gasteiger partial charge in [-0.15, -0.1) is 0 Å². The molecule has 0 saturated heterocycles. The molecule has 0 radical (unpaired) electrons. The lowest BCUT2D eigenvalue weighted by Gasteiger charge is -2.14. The molecule has 18 heavy (non-hydrogen) atoms. The maximum absolute atomic E-state index is 10.7. The Kier molecular flexibility index (Phi) is 3.76. The largest absolute Gasteiger partial charge is 0.481 e. The molecule has 2 N–H and O–H groups in total. The summed E-state index contributed by atoms with van der Waals surface area (Å²) in [6.45, 7) is 2.59. The maximum Gasteiger partial charge on any atom is 0.303 e. The number of aliphatic carboxylic acids is 1. The molecule has 0 bridgehead atoms. The number of rotatable bonds is 6. The minimum atomic E-state index is -0.765. The van der Waals surface area contributed by atoms with Crippen LogP contribution >= 0.6 is 0 Å². The van der Waals surface area contributed by atoms with E-state index in [0.717, 1.165) is 17.8 Å². The normalized spacial score (nSPS) is 12.5. The third-order valence-corrected chi connectivity index (χ3v) is 2.92. The number of hydrogen-bond acceptors (Lipinski definition) is 4. The molecule has 2 rings (SSSR count). The first-order chi connectivity index (χ1) is 8.70. The molecule has 6 nitrogen and oxygen atoms in total. The molecule has 0 aliphatic rings. The summed E-state index contributed by atoms with van der Waals surface area (Å²) < 4.78 is 1.73. The number of nitrogens with one attached hydrogen (secondary N) is 1. The topological polar surface area (TPSA) is 79.5 Å². The average Bonchev–Trinajstić information content (AvgIpc) is 2.82. The van der Waals surface area contributed by atoms with Crippen molar-refractivity contribution in [3.05, 3.63) is 24.7 Å². The van der Waals surface area contributed by atoms with Crippen LogP contribution in [0.4, 0.5) is 5.82 Å². The molecule has 2 heterocycles. The molecule has 1 atom stereocenters. The van der Waals surface area contributed by atoms with E-state index in [1.165, 1.54) is 0 Å². The Morgan fingerprint density at radius 3 is 3.11 bits per heavy atom. The standard InChI is InChI=1S/C12H16N4O2/c1-2-9(7-11(17)18)8-14-12-10-3-4-15-16(10)6-5-13-12/h3-6,9H,2,7-8H2,1H3,(H,13,14)(H,17,18). The lowest BCUT2D eigenvalue weighted by atomic mass is 10.0. The van der Waals surface area contributed by atoms with Crippen molar-refractivity contribution in [3.8, 4) is 0 Å². The van der Waals surface area contributed by atoms with Gasteiger partial charge in [-0.25, -0.2) is 9.50 Å². The summed E-state index contributed by atoms with van der Waals surface area (Å²) in [6, 6.07) is 1.87. The van der Waals surface area contributed by atoms with Crippen molar-refractivity contribution in [3.63, 3.8) is 0 Å². The molecule has 6 heteroatoms. The predicted molar refractivity (Wildman–Crippen MR) is 67.5 cm³/mol. The number of carboxylic acid groups (broad SMARTS) is 1. The van der Waals surface area contributed by atoms with Crippen molar-refractivity contribution in [2.75, 3.05) is 11.9 Å². The Balaban J connectivity index is 2.05.